The first kappa shape index (κ1) is 16.3. The molecular formula is C21H13O4S-. The average Bonchev–Trinajstić information content (AvgIpc) is 2.66. The number of hydrogen-bond acceptors (Lipinski definition) is 5. The molecule has 4 aromatic rings. The van der Waals surface area contributed by atoms with Crippen LogP contribution in [0.25, 0.3) is 20.2 Å². The van der Waals surface area contributed by atoms with Crippen molar-refractivity contribution in [1.29, 1.82) is 0 Å². The first-order valence-corrected chi connectivity index (χ1v) is 8.83. The third-order valence-corrected chi connectivity index (χ3v) is 5.34. The largest absolute Gasteiger partial charge is 0.545 e. The topological polar surface area (TPSA) is 66.4 Å². The van der Waals surface area contributed by atoms with Crippen LogP contribution in [0.3, 0.4) is 0 Å². The highest BCUT2D eigenvalue weighted by Gasteiger charge is 2.10. The molecule has 26 heavy (non-hydrogen) atoms. The number of hydrogen-bond donors (Lipinski definition) is 0. The van der Waals surface area contributed by atoms with Gasteiger partial charge in [-0.25, -0.2) is 0 Å². The molecule has 0 saturated heterocycles. The van der Waals surface area contributed by atoms with Crippen molar-refractivity contribution < 1.29 is 14.6 Å². The van der Waals surface area contributed by atoms with Gasteiger partial charge in [0.05, 0.1) is 5.97 Å². The van der Waals surface area contributed by atoms with Crippen molar-refractivity contribution in [3.05, 3.63) is 88.1 Å². The molecule has 0 saturated carbocycles. The second-order valence-corrected chi connectivity index (χ2v) is 6.89. The lowest BCUT2D eigenvalue weighted by molar-refractivity contribution is -0.254. The standard InChI is InChI=1S/C21H14O4S/c22-19-15-10-9-14(25-12-13-5-2-1-3-6-13)11-18(15)26-20-16(19)7-4-8-17(20)21(23)24/h1-11H,12H2,(H,23,24)/p-1. The molecule has 0 spiro atoms. The minimum atomic E-state index is -1.29. The van der Waals surface area contributed by atoms with Crippen LogP contribution >= 0.6 is 11.3 Å². The van der Waals surface area contributed by atoms with E-state index in [1.165, 1.54) is 17.4 Å². The van der Waals surface area contributed by atoms with E-state index in [1.54, 1.807) is 30.3 Å². The molecule has 3 aromatic carbocycles. The van der Waals surface area contributed by atoms with Gasteiger partial charge in [0.2, 0.25) is 0 Å². The molecule has 0 N–H and O–H groups in total. The second kappa shape index (κ2) is 6.61. The predicted molar refractivity (Wildman–Crippen MR) is 101 cm³/mol. The van der Waals surface area contributed by atoms with Crippen molar-refractivity contribution in [2.45, 2.75) is 6.61 Å². The fourth-order valence-corrected chi connectivity index (χ4v) is 4.04. The Hall–Kier alpha value is -3.18. The van der Waals surface area contributed by atoms with Crippen molar-refractivity contribution in [3.63, 3.8) is 0 Å². The molecular weight excluding hydrogens is 348 g/mol. The van der Waals surface area contributed by atoms with Crippen LogP contribution in [-0.4, -0.2) is 5.97 Å². The molecule has 0 unspecified atom stereocenters. The summed E-state index contributed by atoms with van der Waals surface area (Å²) < 4.78 is 6.91. The summed E-state index contributed by atoms with van der Waals surface area (Å²) in [5.41, 5.74) is 0.882. The van der Waals surface area contributed by atoms with Gasteiger partial charge in [0.15, 0.2) is 5.43 Å². The second-order valence-electron chi connectivity index (χ2n) is 5.83. The summed E-state index contributed by atoms with van der Waals surface area (Å²) >= 11 is 1.26. The van der Waals surface area contributed by atoms with E-state index < -0.39 is 5.97 Å². The van der Waals surface area contributed by atoms with E-state index in [4.69, 9.17) is 4.74 Å². The monoisotopic (exact) mass is 361 g/mol. The van der Waals surface area contributed by atoms with Gasteiger partial charge < -0.3 is 14.6 Å². The highest BCUT2D eigenvalue weighted by Crippen LogP contribution is 2.30. The average molecular weight is 361 g/mol. The van der Waals surface area contributed by atoms with Crippen LogP contribution < -0.4 is 15.3 Å². The predicted octanol–water partition coefficient (Wildman–Crippen LogP) is 3.36. The highest BCUT2D eigenvalue weighted by atomic mass is 32.1. The molecule has 0 atom stereocenters. The summed E-state index contributed by atoms with van der Waals surface area (Å²) in [6, 6.07) is 19.7. The van der Waals surface area contributed by atoms with E-state index >= 15 is 0 Å². The van der Waals surface area contributed by atoms with Crippen molar-refractivity contribution in [2.24, 2.45) is 0 Å². The number of carbonyl (C=O) groups excluding carboxylic acids is 1. The molecule has 0 aliphatic carbocycles. The van der Waals surface area contributed by atoms with E-state index in [0.29, 0.717) is 32.5 Å². The first-order valence-electron chi connectivity index (χ1n) is 8.01. The van der Waals surface area contributed by atoms with Gasteiger partial charge in [-0.05, 0) is 29.8 Å². The van der Waals surface area contributed by atoms with Crippen molar-refractivity contribution >= 4 is 37.5 Å². The molecule has 0 aliphatic heterocycles. The van der Waals surface area contributed by atoms with Crippen LogP contribution in [0.15, 0.2) is 71.5 Å². The van der Waals surface area contributed by atoms with E-state index in [1.807, 2.05) is 30.3 Å². The Morgan fingerprint density at radius 1 is 0.962 bits per heavy atom. The summed E-state index contributed by atoms with van der Waals surface area (Å²) in [7, 11) is 0. The van der Waals surface area contributed by atoms with Crippen molar-refractivity contribution in [3.8, 4) is 5.75 Å². The number of rotatable bonds is 4. The van der Waals surface area contributed by atoms with Crippen LogP contribution in [0, 0.1) is 0 Å². The minimum Gasteiger partial charge on any atom is -0.545 e. The van der Waals surface area contributed by atoms with Crippen molar-refractivity contribution in [2.75, 3.05) is 0 Å². The molecule has 5 heteroatoms. The quantitative estimate of drug-likeness (QED) is 0.523. The van der Waals surface area contributed by atoms with Crippen LogP contribution in [-0.2, 0) is 6.61 Å². The Kier molecular flexibility index (Phi) is 4.14. The Balaban J connectivity index is 1.80. The molecule has 1 aromatic heterocycles. The molecule has 128 valence electrons. The molecule has 0 aliphatic rings. The SMILES string of the molecule is O=C([O-])c1cccc2c(=O)c3ccc(OCc4ccccc4)cc3sc12. The lowest BCUT2D eigenvalue weighted by Gasteiger charge is -2.10. The van der Waals surface area contributed by atoms with Gasteiger partial charge >= 0.3 is 0 Å². The Morgan fingerprint density at radius 3 is 2.54 bits per heavy atom. The number of carboxylic acid groups (broad SMARTS) is 1. The molecule has 0 fully saturated rings. The van der Waals surface area contributed by atoms with Crippen molar-refractivity contribution in [1.82, 2.24) is 0 Å². The third kappa shape index (κ3) is 2.93. The summed E-state index contributed by atoms with van der Waals surface area (Å²) in [5, 5.41) is 12.3. The van der Waals surface area contributed by atoms with E-state index in [-0.39, 0.29) is 11.0 Å². The maximum Gasteiger partial charge on any atom is 0.195 e. The lowest BCUT2D eigenvalue weighted by Crippen LogP contribution is -2.22. The third-order valence-electron chi connectivity index (χ3n) is 4.14. The Morgan fingerprint density at radius 2 is 1.77 bits per heavy atom. The smallest absolute Gasteiger partial charge is 0.195 e. The van der Waals surface area contributed by atoms with Crippen LogP contribution in [0.5, 0.6) is 5.75 Å². The number of benzene rings is 3. The molecule has 4 rings (SSSR count). The summed E-state index contributed by atoms with van der Waals surface area (Å²) in [5.74, 6) is -0.663. The normalized spacial score (nSPS) is 10.9. The number of carbonyl (C=O) groups is 1. The van der Waals surface area contributed by atoms with E-state index in [9.17, 15) is 14.7 Å². The first-order chi connectivity index (χ1) is 12.6. The minimum absolute atomic E-state index is 0.0297. The van der Waals surface area contributed by atoms with Gasteiger partial charge in [-0.15, -0.1) is 11.3 Å². The lowest BCUT2D eigenvalue weighted by atomic mass is 10.1. The summed E-state index contributed by atoms with van der Waals surface area (Å²) in [4.78, 5) is 24.1. The fraction of sp³-hybridized carbons (Fsp3) is 0.0476. The number of carboxylic acids is 1. The molecule has 0 bridgehead atoms. The zero-order valence-corrected chi connectivity index (χ0v) is 14.4. The molecule has 0 radical (unpaired) electrons. The Bertz CT molecular complexity index is 1180. The highest BCUT2D eigenvalue weighted by molar-refractivity contribution is 7.24. The zero-order valence-electron chi connectivity index (χ0n) is 13.6. The fourth-order valence-electron chi connectivity index (χ4n) is 2.85. The molecule has 0 amide bonds. The summed E-state index contributed by atoms with van der Waals surface area (Å²) in [6.07, 6.45) is 0. The summed E-state index contributed by atoms with van der Waals surface area (Å²) in [6.45, 7) is 0.416. The van der Waals surface area contributed by atoms with Crippen LogP contribution in [0.1, 0.15) is 15.9 Å². The van der Waals surface area contributed by atoms with Gasteiger partial charge in [0, 0.05) is 25.7 Å². The van der Waals surface area contributed by atoms with Gasteiger partial charge in [-0.2, -0.15) is 0 Å². The van der Waals surface area contributed by atoms with Crippen LogP contribution in [0.2, 0.25) is 0 Å². The van der Waals surface area contributed by atoms with Gasteiger partial charge in [-0.1, -0.05) is 42.5 Å². The maximum absolute atomic E-state index is 12.7. The van der Waals surface area contributed by atoms with E-state index in [2.05, 4.69) is 0 Å². The Labute approximate surface area is 152 Å². The van der Waals surface area contributed by atoms with Gasteiger partial charge in [0.25, 0.3) is 0 Å². The molecule has 4 nitrogen and oxygen atoms in total. The van der Waals surface area contributed by atoms with E-state index in [0.717, 1.165) is 5.56 Å². The molecule has 1 heterocycles. The van der Waals surface area contributed by atoms with Gasteiger partial charge in [-0.3, -0.25) is 4.79 Å². The number of aromatic carboxylic acids is 1. The number of ether oxygens (including phenoxy) is 1. The van der Waals surface area contributed by atoms with Gasteiger partial charge in [0.1, 0.15) is 12.4 Å². The zero-order chi connectivity index (χ0) is 18.1. The van der Waals surface area contributed by atoms with Crippen LogP contribution in [0.4, 0.5) is 0 Å². The maximum atomic E-state index is 12.7. The number of fused-ring (bicyclic) bond motifs is 2.